The van der Waals surface area contributed by atoms with Gasteiger partial charge in [-0.25, -0.2) is 4.39 Å². The summed E-state index contributed by atoms with van der Waals surface area (Å²) in [5, 5.41) is 8.68. The lowest BCUT2D eigenvalue weighted by atomic mass is 10.3. The van der Waals surface area contributed by atoms with E-state index in [4.69, 9.17) is 0 Å². The molecule has 0 radical (unpaired) electrons. The van der Waals surface area contributed by atoms with Crippen LogP contribution in [-0.4, -0.2) is 38.4 Å². The Balaban J connectivity index is 2.49. The molecule has 19 heavy (non-hydrogen) atoms. The lowest BCUT2D eigenvalue weighted by molar-refractivity contribution is -0.114. The van der Waals surface area contributed by atoms with E-state index in [1.165, 1.54) is 19.2 Å². The molecule has 104 valence electrons. The molecule has 0 saturated heterocycles. The van der Waals surface area contributed by atoms with Crippen molar-refractivity contribution in [3.63, 3.8) is 0 Å². The number of rotatable bonds is 5. The van der Waals surface area contributed by atoms with Crippen molar-refractivity contribution in [1.29, 1.82) is 0 Å². The topological polar surface area (TPSA) is 65.5 Å². The van der Waals surface area contributed by atoms with E-state index in [0.29, 0.717) is 18.8 Å². The highest BCUT2D eigenvalue weighted by Crippen LogP contribution is 2.08. The highest BCUT2D eigenvalue weighted by molar-refractivity contribution is 6.42. The third kappa shape index (κ3) is 5.48. The minimum Gasteiger partial charge on any atom is -0.348 e. The zero-order valence-electron chi connectivity index (χ0n) is 11.2. The van der Waals surface area contributed by atoms with Crippen LogP contribution in [0, 0.1) is 5.82 Å². The molecule has 0 spiro atoms. The van der Waals surface area contributed by atoms with Gasteiger partial charge >= 0.3 is 0 Å². The Morgan fingerprint density at radius 1 is 1.26 bits per heavy atom. The molecule has 0 heterocycles. The van der Waals surface area contributed by atoms with Crippen LogP contribution in [0.15, 0.2) is 29.3 Å². The smallest absolute Gasteiger partial charge is 0.286 e. The number of carbonyl (C=O) groups excluding carboxylic acids is 1. The minimum absolute atomic E-state index is 0.197. The van der Waals surface area contributed by atoms with Gasteiger partial charge in [-0.3, -0.25) is 9.79 Å². The lowest BCUT2D eigenvalue weighted by Crippen LogP contribution is -2.39. The van der Waals surface area contributed by atoms with Crippen molar-refractivity contribution in [2.24, 2.45) is 4.99 Å². The number of hydrogen-bond donors (Lipinski definition) is 3. The molecule has 0 fully saturated rings. The molecule has 1 aromatic rings. The number of amidine groups is 1. The highest BCUT2D eigenvalue weighted by atomic mass is 19.1. The Bertz CT molecular complexity index is 431. The Hall–Kier alpha value is -1.95. The zero-order chi connectivity index (χ0) is 14.1. The van der Waals surface area contributed by atoms with Crippen molar-refractivity contribution in [2.75, 3.05) is 32.0 Å². The molecule has 1 aromatic carbocycles. The van der Waals surface area contributed by atoms with Crippen molar-refractivity contribution in [1.82, 2.24) is 10.6 Å². The second kappa shape index (κ2) is 8.20. The molecule has 1 amide bonds. The van der Waals surface area contributed by atoms with E-state index in [1.807, 2.05) is 6.92 Å². The monoisotopic (exact) mass is 266 g/mol. The third-order valence-corrected chi connectivity index (χ3v) is 2.38. The Morgan fingerprint density at radius 3 is 2.53 bits per heavy atom. The number of likely N-dealkylation sites (N-methyl/N-ethyl adjacent to an activating group) is 1. The molecule has 1 rings (SSSR count). The van der Waals surface area contributed by atoms with E-state index in [-0.39, 0.29) is 17.6 Å². The summed E-state index contributed by atoms with van der Waals surface area (Å²) in [6.45, 7) is 4.09. The van der Waals surface area contributed by atoms with Crippen LogP contribution in [-0.2, 0) is 4.79 Å². The quantitative estimate of drug-likeness (QED) is 0.423. The van der Waals surface area contributed by atoms with E-state index < -0.39 is 0 Å². The largest absolute Gasteiger partial charge is 0.348 e. The molecule has 3 N–H and O–H groups in total. The van der Waals surface area contributed by atoms with E-state index >= 15 is 0 Å². The molecular formula is C13H19FN4O. The number of carbonyl (C=O) groups is 1. The van der Waals surface area contributed by atoms with Gasteiger partial charge in [0.15, 0.2) is 5.84 Å². The SMILES string of the molecule is CCNCCNC(=O)C(=NC)Nc1ccc(F)cc1. The normalized spacial score (nSPS) is 11.2. The first-order chi connectivity index (χ1) is 9.17. The van der Waals surface area contributed by atoms with Gasteiger partial charge in [0.05, 0.1) is 0 Å². The minimum atomic E-state index is -0.323. The molecule has 0 aliphatic carbocycles. The predicted molar refractivity (Wildman–Crippen MR) is 74.9 cm³/mol. The first-order valence-electron chi connectivity index (χ1n) is 6.15. The highest BCUT2D eigenvalue weighted by Gasteiger charge is 2.09. The lowest BCUT2D eigenvalue weighted by Gasteiger charge is -2.10. The van der Waals surface area contributed by atoms with Crippen molar-refractivity contribution < 1.29 is 9.18 Å². The van der Waals surface area contributed by atoms with Gasteiger partial charge in [0.1, 0.15) is 5.82 Å². The molecule has 0 saturated carbocycles. The average molecular weight is 266 g/mol. The maximum absolute atomic E-state index is 12.8. The molecule has 0 atom stereocenters. The summed E-state index contributed by atoms with van der Waals surface area (Å²) < 4.78 is 12.8. The third-order valence-electron chi connectivity index (χ3n) is 2.38. The van der Waals surface area contributed by atoms with Gasteiger partial charge in [-0.2, -0.15) is 0 Å². The number of hydrogen-bond acceptors (Lipinski definition) is 3. The van der Waals surface area contributed by atoms with E-state index in [1.54, 1.807) is 12.1 Å². The zero-order valence-corrected chi connectivity index (χ0v) is 11.2. The number of nitrogens with one attached hydrogen (secondary N) is 3. The van der Waals surface area contributed by atoms with Gasteiger partial charge in [-0.05, 0) is 30.8 Å². The van der Waals surface area contributed by atoms with Crippen LogP contribution in [0.1, 0.15) is 6.92 Å². The van der Waals surface area contributed by atoms with Gasteiger partial charge in [-0.15, -0.1) is 0 Å². The number of anilines is 1. The fraction of sp³-hybridized carbons (Fsp3) is 0.385. The summed E-state index contributed by atoms with van der Waals surface area (Å²) in [4.78, 5) is 15.7. The molecule has 0 unspecified atom stereocenters. The van der Waals surface area contributed by atoms with Crippen molar-refractivity contribution in [3.05, 3.63) is 30.1 Å². The first-order valence-corrected chi connectivity index (χ1v) is 6.15. The summed E-state index contributed by atoms with van der Waals surface area (Å²) in [5.41, 5.74) is 0.615. The van der Waals surface area contributed by atoms with Crippen LogP contribution >= 0.6 is 0 Å². The summed E-state index contributed by atoms with van der Waals surface area (Å²) in [6.07, 6.45) is 0. The van der Waals surface area contributed by atoms with Gasteiger partial charge in [0.2, 0.25) is 0 Å². The summed E-state index contributed by atoms with van der Waals surface area (Å²) >= 11 is 0. The van der Waals surface area contributed by atoms with Crippen molar-refractivity contribution >= 4 is 17.4 Å². The number of halogens is 1. The molecule has 6 heteroatoms. The predicted octanol–water partition coefficient (Wildman–Crippen LogP) is 0.992. The second-order valence-corrected chi connectivity index (χ2v) is 3.81. The van der Waals surface area contributed by atoms with E-state index in [2.05, 4.69) is 20.9 Å². The summed E-state index contributed by atoms with van der Waals surface area (Å²) in [7, 11) is 1.52. The number of aliphatic imine (C=N–C) groups is 1. The number of amides is 1. The van der Waals surface area contributed by atoms with E-state index in [9.17, 15) is 9.18 Å². The van der Waals surface area contributed by atoms with Crippen LogP contribution in [0.4, 0.5) is 10.1 Å². The Kier molecular flexibility index (Phi) is 6.52. The van der Waals surface area contributed by atoms with Crippen LogP contribution in [0.3, 0.4) is 0 Å². The molecule has 0 bridgehead atoms. The fourth-order valence-electron chi connectivity index (χ4n) is 1.41. The number of benzene rings is 1. The van der Waals surface area contributed by atoms with Crippen LogP contribution in [0.2, 0.25) is 0 Å². The average Bonchev–Trinajstić information content (AvgIpc) is 2.42. The van der Waals surface area contributed by atoms with Gasteiger partial charge in [0, 0.05) is 25.8 Å². The maximum atomic E-state index is 12.8. The summed E-state index contributed by atoms with van der Waals surface area (Å²) in [5.74, 6) is -0.413. The molecular weight excluding hydrogens is 247 g/mol. The van der Waals surface area contributed by atoms with Crippen LogP contribution < -0.4 is 16.0 Å². The Labute approximate surface area is 112 Å². The van der Waals surface area contributed by atoms with Gasteiger partial charge in [-0.1, -0.05) is 6.92 Å². The molecule has 0 aliphatic heterocycles. The summed E-state index contributed by atoms with van der Waals surface area (Å²) in [6, 6.07) is 5.73. The molecule has 5 nitrogen and oxygen atoms in total. The Morgan fingerprint density at radius 2 is 1.95 bits per heavy atom. The number of nitrogens with zero attached hydrogens (tertiary/aromatic N) is 1. The van der Waals surface area contributed by atoms with Crippen molar-refractivity contribution in [2.45, 2.75) is 6.92 Å². The van der Waals surface area contributed by atoms with Crippen LogP contribution in [0.5, 0.6) is 0 Å². The van der Waals surface area contributed by atoms with Gasteiger partial charge in [0.25, 0.3) is 5.91 Å². The maximum Gasteiger partial charge on any atom is 0.286 e. The van der Waals surface area contributed by atoms with Crippen LogP contribution in [0.25, 0.3) is 0 Å². The molecule has 0 aromatic heterocycles. The van der Waals surface area contributed by atoms with E-state index in [0.717, 1.165) is 6.54 Å². The van der Waals surface area contributed by atoms with Gasteiger partial charge < -0.3 is 16.0 Å². The van der Waals surface area contributed by atoms with Crippen molar-refractivity contribution in [3.8, 4) is 0 Å². The first kappa shape index (κ1) is 15.1. The fourth-order valence-corrected chi connectivity index (χ4v) is 1.41. The molecule has 0 aliphatic rings. The second-order valence-electron chi connectivity index (χ2n) is 3.81. The standard InChI is InChI=1S/C13H19FN4O/c1-3-16-8-9-17-13(19)12(15-2)18-11-6-4-10(14)5-7-11/h4-7,16H,3,8-9H2,1-2H3,(H,15,18)(H,17,19).